The van der Waals surface area contributed by atoms with Gasteiger partial charge in [-0.1, -0.05) is 273 Å². The summed E-state index contributed by atoms with van der Waals surface area (Å²) in [5.74, 6) is 7.49. The molecular weight excluding hydrogens is 1770 g/mol. The average molecular weight is 1850 g/mol. The molecule has 144 heavy (non-hydrogen) atoms. The zero-order chi connectivity index (χ0) is 96.6. The molecule has 0 radical (unpaired) electrons. The van der Waals surface area contributed by atoms with Crippen molar-refractivity contribution in [2.24, 2.45) is 0 Å². The van der Waals surface area contributed by atoms with E-state index in [1.807, 2.05) is 358 Å². The van der Waals surface area contributed by atoms with Crippen molar-refractivity contribution in [3.05, 3.63) is 511 Å². The molecule has 24 aromatic rings. The lowest BCUT2D eigenvalue weighted by Crippen LogP contribution is -2.00. The molecule has 0 amide bonds. The molecule has 0 N–H and O–H groups in total. The summed E-state index contributed by atoms with van der Waals surface area (Å²) in [5.41, 5.74) is 27.1. The van der Waals surface area contributed by atoms with Crippen LogP contribution in [0.15, 0.2) is 511 Å². The Kier molecular flexibility index (Phi) is 27.6. The number of hydrogen-bond acceptors (Lipinski definition) is 20. The quantitative estimate of drug-likeness (QED) is 0.0687. The van der Waals surface area contributed by atoms with Crippen LogP contribution in [0.25, 0.3) is 226 Å². The minimum absolute atomic E-state index is 0.595. The van der Waals surface area contributed by atoms with Gasteiger partial charge in [-0.05, 0) is 202 Å². The van der Waals surface area contributed by atoms with E-state index in [1.165, 1.54) is 0 Å². The van der Waals surface area contributed by atoms with Crippen LogP contribution in [0.2, 0.25) is 0 Å². The number of hydrogen-bond donors (Lipinski definition) is 0. The molecule has 0 aliphatic heterocycles. The summed E-state index contributed by atoms with van der Waals surface area (Å²) in [7, 11) is 0. The molecular formula is C124H84N20. The second kappa shape index (κ2) is 43.9. The van der Waals surface area contributed by atoms with Gasteiger partial charge in [0.1, 0.15) is 0 Å². The summed E-state index contributed by atoms with van der Waals surface area (Å²) in [6.07, 6.45) is 23.5. The number of benzene rings is 12. The first-order chi connectivity index (χ1) is 71.3. The third-order valence-electron chi connectivity index (χ3n) is 23.5. The molecule has 0 aliphatic rings. The Morgan fingerprint density at radius 3 is 0.458 bits per heavy atom. The van der Waals surface area contributed by atoms with Crippen LogP contribution in [-0.4, -0.2) is 99.7 Å². The molecule has 12 aromatic heterocycles. The summed E-state index contributed by atoms with van der Waals surface area (Å²) in [6.45, 7) is 0. The van der Waals surface area contributed by atoms with Gasteiger partial charge in [0.05, 0.1) is 17.1 Å². The fourth-order valence-corrected chi connectivity index (χ4v) is 16.4. The van der Waals surface area contributed by atoms with Crippen LogP contribution >= 0.6 is 0 Å². The van der Waals surface area contributed by atoms with E-state index >= 15 is 0 Å². The predicted molar refractivity (Wildman–Crippen MR) is 570 cm³/mol. The van der Waals surface area contributed by atoms with Crippen LogP contribution in [0, 0.1) is 0 Å². The van der Waals surface area contributed by atoms with Crippen LogP contribution in [0.3, 0.4) is 0 Å². The average Bonchev–Trinajstić information content (AvgIpc) is 0.793. The Labute approximate surface area is 831 Å². The maximum Gasteiger partial charge on any atom is 0.164 e. The van der Waals surface area contributed by atoms with E-state index < -0.39 is 0 Å². The molecule has 20 nitrogen and oxygen atoms in total. The monoisotopic (exact) mass is 1850 g/mol. The minimum Gasteiger partial charge on any atom is -0.265 e. The SMILES string of the molecule is c1ccc(-c2nc(-c3ccccc3)nc(-c3cc(-c4ccccn4)cc(-c4ccccn4)c3)n2)cc1.c1ccc(-c2nc(-c3ccccc3)nc(-c3cc(-c4cccnc4)cc(-c4cccnc4)c3)n2)cc1.c1ccc(-c2nc(-c3ccccc3)nc(-c3cc(-c4ccncc4)cc(-c4ccccn4)c3)n2)cc1.c1ccc(-c2nc(-c3ccccc3)nc(-c3cc(-c4ccncc4)cc(-c4ccncc4)c3)n2)cc1. The first-order valence-electron chi connectivity index (χ1n) is 46.7. The van der Waals surface area contributed by atoms with E-state index in [0.29, 0.717) is 69.9 Å². The van der Waals surface area contributed by atoms with Crippen molar-refractivity contribution in [1.29, 1.82) is 0 Å². The van der Waals surface area contributed by atoms with E-state index in [9.17, 15) is 0 Å². The molecule has 12 heterocycles. The van der Waals surface area contributed by atoms with Gasteiger partial charge < -0.3 is 0 Å². The summed E-state index contributed by atoms with van der Waals surface area (Å²) in [4.78, 5) is 93.5. The number of nitrogens with zero attached hydrogens (tertiary/aromatic N) is 20. The first kappa shape index (κ1) is 90.4. The first-order valence-corrected chi connectivity index (χ1v) is 46.7. The van der Waals surface area contributed by atoms with Crippen molar-refractivity contribution < 1.29 is 0 Å². The van der Waals surface area contributed by atoms with Gasteiger partial charge in [0, 0.05) is 175 Å². The normalized spacial score (nSPS) is 10.8. The third kappa shape index (κ3) is 22.1. The van der Waals surface area contributed by atoms with Crippen molar-refractivity contribution in [3.8, 4) is 226 Å². The fraction of sp³-hybridized carbons (Fsp3) is 0. The maximum absolute atomic E-state index is 4.92. The standard InChI is InChI=1S/4C31H21N5/c1-3-11-22(12-4-1)29-34-30(23-13-5-2-6-14-23)36-31(35-29)26-20-24(27-15-7-9-17-32-27)19-25(21-26)28-16-8-10-18-33-28;1-3-9-22(10-4-1)29-34-30(23-11-5-2-6-12-23)36-31(35-29)28-18-26(24-13-7-15-32-20-24)17-27(19-28)25-14-8-16-33-21-25;1-3-9-23(10-4-1)29-34-30(24-11-5-2-6-12-24)36-31(35-29)27-20-25(22-14-17-32-18-15-22)19-26(21-27)28-13-7-8-16-33-28;1-3-7-24(8-4-1)29-34-30(25-9-5-2-6-10-25)36-31(35-29)28-20-26(22-11-15-32-16-12-22)19-27(21-28)23-13-17-33-18-14-23/h4*1-21H. The van der Waals surface area contributed by atoms with Crippen molar-refractivity contribution in [3.63, 3.8) is 0 Å². The van der Waals surface area contributed by atoms with Crippen molar-refractivity contribution >= 4 is 0 Å². The van der Waals surface area contributed by atoms with Gasteiger partial charge in [0.15, 0.2) is 69.9 Å². The summed E-state index contributed by atoms with van der Waals surface area (Å²) in [6, 6.07) is 143. The van der Waals surface area contributed by atoms with E-state index in [1.54, 1.807) is 68.2 Å². The lowest BCUT2D eigenvalue weighted by molar-refractivity contribution is 1.07. The van der Waals surface area contributed by atoms with Crippen LogP contribution in [0.4, 0.5) is 0 Å². The van der Waals surface area contributed by atoms with E-state index in [-0.39, 0.29) is 0 Å². The highest BCUT2D eigenvalue weighted by Crippen LogP contribution is 2.40. The molecule has 0 fully saturated rings. The van der Waals surface area contributed by atoms with Gasteiger partial charge in [-0.25, -0.2) is 59.8 Å². The zero-order valence-electron chi connectivity index (χ0n) is 77.4. The summed E-state index contributed by atoms with van der Waals surface area (Å²) >= 11 is 0. The molecule has 0 saturated carbocycles. The lowest BCUT2D eigenvalue weighted by Gasteiger charge is -2.12. The van der Waals surface area contributed by atoms with Gasteiger partial charge in [-0.3, -0.25) is 39.9 Å². The molecule has 0 atom stereocenters. The highest BCUT2D eigenvalue weighted by atomic mass is 15.1. The van der Waals surface area contributed by atoms with Crippen LogP contribution in [0.1, 0.15) is 0 Å². The molecule has 20 heteroatoms. The van der Waals surface area contributed by atoms with Crippen molar-refractivity contribution in [2.45, 2.75) is 0 Å². The van der Waals surface area contributed by atoms with Crippen LogP contribution in [-0.2, 0) is 0 Å². The largest absolute Gasteiger partial charge is 0.265 e. The molecule has 0 bridgehead atoms. The van der Waals surface area contributed by atoms with Gasteiger partial charge in [0.25, 0.3) is 0 Å². The Morgan fingerprint density at radius 2 is 0.264 bits per heavy atom. The highest BCUT2D eigenvalue weighted by Gasteiger charge is 2.22. The molecule has 24 rings (SSSR count). The topological polar surface area (TPSA) is 258 Å². The fourth-order valence-electron chi connectivity index (χ4n) is 16.4. The predicted octanol–water partition coefficient (Wildman–Crippen LogP) is 28.0. The Balaban J connectivity index is 0.000000113. The number of pyridine rings is 8. The number of aromatic nitrogens is 20. The van der Waals surface area contributed by atoms with Crippen LogP contribution < -0.4 is 0 Å². The molecule has 0 unspecified atom stereocenters. The molecule has 0 spiro atoms. The van der Waals surface area contributed by atoms with Gasteiger partial charge in [0.2, 0.25) is 0 Å². The molecule has 680 valence electrons. The van der Waals surface area contributed by atoms with Crippen LogP contribution in [0.5, 0.6) is 0 Å². The van der Waals surface area contributed by atoms with Crippen molar-refractivity contribution in [2.75, 3.05) is 0 Å². The van der Waals surface area contributed by atoms with E-state index in [2.05, 4.69) is 125 Å². The lowest BCUT2D eigenvalue weighted by atomic mass is 9.96. The van der Waals surface area contributed by atoms with Gasteiger partial charge in [-0.15, -0.1) is 0 Å². The molecule has 12 aromatic carbocycles. The summed E-state index contributed by atoms with van der Waals surface area (Å²) in [5, 5.41) is 0. The Hall–Kier alpha value is -20.1. The molecule has 0 saturated heterocycles. The highest BCUT2D eigenvalue weighted by molar-refractivity contribution is 5.85. The summed E-state index contributed by atoms with van der Waals surface area (Å²) < 4.78 is 0. The Morgan fingerprint density at radius 1 is 0.0972 bits per heavy atom. The van der Waals surface area contributed by atoms with Crippen molar-refractivity contribution in [1.82, 2.24) is 99.7 Å². The van der Waals surface area contributed by atoms with E-state index in [4.69, 9.17) is 59.8 Å². The smallest absolute Gasteiger partial charge is 0.164 e. The third-order valence-corrected chi connectivity index (χ3v) is 23.5. The van der Waals surface area contributed by atoms with E-state index in [0.717, 1.165) is 156 Å². The molecule has 0 aliphatic carbocycles. The Bertz CT molecular complexity index is 6450. The van der Waals surface area contributed by atoms with Gasteiger partial charge >= 0.3 is 0 Å². The minimum atomic E-state index is 0.595. The second-order valence-corrected chi connectivity index (χ2v) is 33.2. The van der Waals surface area contributed by atoms with Gasteiger partial charge in [-0.2, -0.15) is 0 Å². The second-order valence-electron chi connectivity index (χ2n) is 33.2. The number of rotatable bonds is 20. The maximum atomic E-state index is 4.92. The zero-order valence-corrected chi connectivity index (χ0v) is 77.4.